The predicted octanol–water partition coefficient (Wildman–Crippen LogP) is -0.435. The van der Waals surface area contributed by atoms with Crippen LogP contribution in [0.2, 0.25) is 0 Å². The molecule has 0 spiro atoms. The molecule has 2 fully saturated rings. The zero-order chi connectivity index (χ0) is 16.4. The van der Waals surface area contributed by atoms with Crippen molar-refractivity contribution in [1.82, 2.24) is 10.2 Å². The van der Waals surface area contributed by atoms with Crippen LogP contribution in [-0.2, 0) is 24.2 Å². The number of rotatable bonds is 7. The molecule has 0 bridgehead atoms. The summed E-state index contributed by atoms with van der Waals surface area (Å²) in [4.78, 5) is 26.3. The van der Waals surface area contributed by atoms with E-state index in [-0.39, 0.29) is 29.4 Å². The second kappa shape index (κ2) is 6.54. The molecule has 1 aliphatic heterocycles. The summed E-state index contributed by atoms with van der Waals surface area (Å²) >= 11 is 0. The second-order valence-corrected chi connectivity index (χ2v) is 8.39. The molecule has 1 aliphatic carbocycles. The maximum Gasteiger partial charge on any atom is 0.238 e. The van der Waals surface area contributed by atoms with Crippen molar-refractivity contribution in [3.8, 4) is 0 Å². The van der Waals surface area contributed by atoms with E-state index in [1.165, 1.54) is 4.90 Å². The van der Waals surface area contributed by atoms with E-state index in [4.69, 9.17) is 4.74 Å². The minimum Gasteiger partial charge on any atom is -0.385 e. The molecular weight excluding hydrogens is 308 g/mol. The van der Waals surface area contributed by atoms with E-state index in [1.54, 1.807) is 14.2 Å². The molecule has 1 heterocycles. The number of hydrogen-bond donors (Lipinski definition) is 1. The molecule has 1 N–H and O–H groups in total. The molecular formula is C14H24N2O5S. The van der Waals surface area contributed by atoms with E-state index in [9.17, 15) is 18.0 Å². The van der Waals surface area contributed by atoms with Crippen LogP contribution >= 0.6 is 0 Å². The average molecular weight is 332 g/mol. The number of nitrogens with zero attached hydrogens (tertiary/aromatic N) is 1. The van der Waals surface area contributed by atoms with Crippen molar-refractivity contribution >= 4 is 21.7 Å². The molecule has 2 amide bonds. The Balaban J connectivity index is 1.92. The van der Waals surface area contributed by atoms with Crippen molar-refractivity contribution in [3.05, 3.63) is 0 Å². The lowest BCUT2D eigenvalue weighted by molar-refractivity contribution is -0.144. The van der Waals surface area contributed by atoms with Gasteiger partial charge in [0.2, 0.25) is 11.8 Å². The number of hydrogen-bond acceptors (Lipinski definition) is 5. The highest BCUT2D eigenvalue weighted by atomic mass is 32.2. The van der Waals surface area contributed by atoms with E-state index in [0.717, 1.165) is 0 Å². The fourth-order valence-electron chi connectivity index (χ4n) is 2.83. The van der Waals surface area contributed by atoms with Crippen LogP contribution in [0.4, 0.5) is 0 Å². The quantitative estimate of drug-likeness (QED) is 0.504. The van der Waals surface area contributed by atoms with Crippen molar-refractivity contribution in [2.24, 2.45) is 5.41 Å². The van der Waals surface area contributed by atoms with Crippen molar-refractivity contribution < 1.29 is 22.7 Å². The normalized spacial score (nSPS) is 24.7. The summed E-state index contributed by atoms with van der Waals surface area (Å²) in [6.07, 6.45) is 2.22. The Bertz CT molecular complexity index is 541. The van der Waals surface area contributed by atoms with Gasteiger partial charge in [0.1, 0.15) is 5.41 Å². The van der Waals surface area contributed by atoms with Gasteiger partial charge in [0.15, 0.2) is 9.84 Å². The Labute approximate surface area is 131 Å². The summed E-state index contributed by atoms with van der Waals surface area (Å²) in [5.74, 6) is -0.383. The fourth-order valence-corrected chi connectivity index (χ4v) is 4.61. The van der Waals surface area contributed by atoms with Crippen LogP contribution in [0.15, 0.2) is 0 Å². The summed E-state index contributed by atoms with van der Waals surface area (Å²) in [5.41, 5.74) is -0.978. The van der Waals surface area contributed by atoms with Crippen molar-refractivity contribution in [2.45, 2.75) is 31.7 Å². The minimum absolute atomic E-state index is 0.000772. The Morgan fingerprint density at radius 2 is 2.05 bits per heavy atom. The van der Waals surface area contributed by atoms with Gasteiger partial charge in [0.25, 0.3) is 0 Å². The van der Waals surface area contributed by atoms with E-state index in [1.807, 2.05) is 0 Å². The summed E-state index contributed by atoms with van der Waals surface area (Å²) in [5, 5.41) is 2.78. The maximum absolute atomic E-state index is 12.6. The molecule has 0 aromatic rings. The number of carbonyl (C=O) groups is 2. The number of amides is 2. The maximum atomic E-state index is 12.6. The monoisotopic (exact) mass is 332 g/mol. The number of sulfone groups is 1. The Morgan fingerprint density at radius 3 is 2.55 bits per heavy atom. The molecule has 22 heavy (non-hydrogen) atoms. The Kier molecular flexibility index (Phi) is 5.11. The van der Waals surface area contributed by atoms with Gasteiger partial charge in [0.05, 0.1) is 11.5 Å². The standard InChI is InChI=1S/C14H24N2O5S/c1-16(11-4-9-22(19,20)10-11)13(18)14(5-6-14)12(17)15-7-3-8-21-2/h11H,3-10H2,1-2H3,(H,15,17). The first-order chi connectivity index (χ1) is 10.3. The first kappa shape index (κ1) is 17.2. The third-order valence-electron chi connectivity index (χ3n) is 4.48. The van der Waals surface area contributed by atoms with Crippen LogP contribution in [0.1, 0.15) is 25.7 Å². The number of ether oxygens (including phenoxy) is 1. The lowest BCUT2D eigenvalue weighted by Gasteiger charge is -2.27. The number of carbonyl (C=O) groups excluding carboxylic acids is 2. The highest BCUT2D eigenvalue weighted by Gasteiger charge is 2.58. The average Bonchev–Trinajstić information content (AvgIpc) is 3.21. The molecule has 0 aromatic carbocycles. The molecule has 1 saturated heterocycles. The molecule has 126 valence electrons. The first-order valence-electron chi connectivity index (χ1n) is 7.57. The van der Waals surface area contributed by atoms with Crippen LogP contribution < -0.4 is 5.32 Å². The minimum atomic E-state index is -3.05. The van der Waals surface area contributed by atoms with Gasteiger partial charge in [-0.15, -0.1) is 0 Å². The first-order valence-corrected chi connectivity index (χ1v) is 9.39. The van der Waals surface area contributed by atoms with E-state index in [0.29, 0.717) is 38.8 Å². The van der Waals surface area contributed by atoms with Crippen molar-refractivity contribution in [1.29, 1.82) is 0 Å². The third kappa shape index (κ3) is 3.60. The van der Waals surface area contributed by atoms with Crippen molar-refractivity contribution in [3.63, 3.8) is 0 Å². The van der Waals surface area contributed by atoms with Gasteiger partial charge in [-0.05, 0) is 25.7 Å². The van der Waals surface area contributed by atoms with Crippen LogP contribution in [0.5, 0.6) is 0 Å². The van der Waals surface area contributed by atoms with Crippen LogP contribution in [0, 0.1) is 5.41 Å². The van der Waals surface area contributed by atoms with Gasteiger partial charge in [0, 0.05) is 33.4 Å². The molecule has 1 saturated carbocycles. The highest BCUT2D eigenvalue weighted by Crippen LogP contribution is 2.47. The summed E-state index contributed by atoms with van der Waals surface area (Å²) in [7, 11) is 0.151. The van der Waals surface area contributed by atoms with Gasteiger partial charge in [-0.25, -0.2) is 8.42 Å². The smallest absolute Gasteiger partial charge is 0.238 e. The summed E-state index contributed by atoms with van der Waals surface area (Å²) < 4.78 is 28.0. The fraction of sp³-hybridized carbons (Fsp3) is 0.857. The van der Waals surface area contributed by atoms with E-state index >= 15 is 0 Å². The molecule has 0 aromatic heterocycles. The Morgan fingerprint density at radius 1 is 1.36 bits per heavy atom. The number of methoxy groups -OCH3 is 1. The molecule has 2 rings (SSSR count). The van der Waals surface area contributed by atoms with Gasteiger partial charge >= 0.3 is 0 Å². The van der Waals surface area contributed by atoms with Crippen LogP contribution in [0.3, 0.4) is 0 Å². The molecule has 1 unspecified atom stereocenters. The Hall–Kier alpha value is -1.15. The summed E-state index contributed by atoms with van der Waals surface area (Å²) in [6.45, 7) is 1.03. The van der Waals surface area contributed by atoms with Crippen molar-refractivity contribution in [2.75, 3.05) is 38.8 Å². The third-order valence-corrected chi connectivity index (χ3v) is 6.23. The molecule has 2 aliphatic rings. The SMILES string of the molecule is COCCCNC(=O)C1(C(=O)N(C)C2CCS(=O)(=O)C2)CC1. The lowest BCUT2D eigenvalue weighted by Crippen LogP contribution is -2.48. The van der Waals surface area contributed by atoms with E-state index < -0.39 is 15.3 Å². The molecule has 0 radical (unpaired) electrons. The largest absolute Gasteiger partial charge is 0.385 e. The predicted molar refractivity (Wildman–Crippen MR) is 81.0 cm³/mol. The molecule has 8 heteroatoms. The number of nitrogens with one attached hydrogen (secondary N) is 1. The topological polar surface area (TPSA) is 92.8 Å². The molecule has 1 atom stereocenters. The van der Waals surface area contributed by atoms with Crippen LogP contribution in [0.25, 0.3) is 0 Å². The van der Waals surface area contributed by atoms with E-state index in [2.05, 4.69) is 5.32 Å². The van der Waals surface area contributed by atoms with Gasteiger partial charge in [-0.1, -0.05) is 0 Å². The zero-order valence-electron chi connectivity index (χ0n) is 13.1. The van der Waals surface area contributed by atoms with Gasteiger partial charge in [-0.2, -0.15) is 0 Å². The zero-order valence-corrected chi connectivity index (χ0v) is 13.9. The molecule has 7 nitrogen and oxygen atoms in total. The van der Waals surface area contributed by atoms with Gasteiger partial charge in [-0.3, -0.25) is 9.59 Å². The summed E-state index contributed by atoms with van der Waals surface area (Å²) in [6, 6.07) is -0.309. The highest BCUT2D eigenvalue weighted by molar-refractivity contribution is 7.91. The second-order valence-electron chi connectivity index (χ2n) is 6.16. The lowest BCUT2D eigenvalue weighted by atomic mass is 10.0. The van der Waals surface area contributed by atoms with Crippen LogP contribution in [-0.4, -0.2) is 70.0 Å². The van der Waals surface area contributed by atoms with Gasteiger partial charge < -0.3 is 15.0 Å².